The average molecular weight is 363 g/mol. The Hall–Kier alpha value is -1.00. The molecule has 134 valence electrons. The summed E-state index contributed by atoms with van der Waals surface area (Å²) in [5.74, 6) is -2.61. The number of rotatable bonds is 3. The van der Waals surface area contributed by atoms with Crippen molar-refractivity contribution in [1.82, 2.24) is 0 Å². The molecule has 9 nitrogen and oxygen atoms in total. The Morgan fingerprint density at radius 1 is 1.12 bits per heavy atom. The first-order valence-corrected chi connectivity index (χ1v) is 8.68. The smallest absolute Gasteiger partial charge is 0.387 e. The third-order valence-electron chi connectivity index (χ3n) is 4.00. The van der Waals surface area contributed by atoms with Crippen molar-refractivity contribution < 1.29 is 44.6 Å². The summed E-state index contributed by atoms with van der Waals surface area (Å²) >= 11 is 0. The second-order valence-corrected chi connectivity index (χ2v) is 7.46. The number of hydrogen-bond donors (Lipinski definition) is 7. The van der Waals surface area contributed by atoms with Crippen molar-refractivity contribution >= 4 is 13.5 Å². The molecule has 1 aliphatic rings. The van der Waals surface area contributed by atoms with Gasteiger partial charge in [-0.1, -0.05) is 23.8 Å². The van der Waals surface area contributed by atoms with Crippen molar-refractivity contribution in [2.75, 3.05) is 0 Å². The van der Waals surface area contributed by atoms with Crippen LogP contribution in [0.25, 0.3) is 0 Å². The van der Waals surface area contributed by atoms with Gasteiger partial charge in [0.1, 0.15) is 18.3 Å². The van der Waals surface area contributed by atoms with E-state index in [4.69, 9.17) is 19.4 Å². The standard InChI is InChI=1S/C14H20O9P/c1-6-3-4-8(7(2)5-6)14(19)12(17)10(16)9(15)11(23-14)13(18)24(20,21)22/h3-5,9-12,15-17,19-22H,1-2H3/q+1/t9-,10-,11-,12-,14?/m0/s1. The second kappa shape index (κ2) is 6.38. The first-order valence-electron chi connectivity index (χ1n) is 7.03. The van der Waals surface area contributed by atoms with Gasteiger partial charge < -0.3 is 25.2 Å². The minimum Gasteiger partial charge on any atom is -0.387 e. The molecule has 1 aromatic carbocycles. The van der Waals surface area contributed by atoms with Crippen LogP contribution in [0.15, 0.2) is 18.2 Å². The molecular formula is C14H20O9P+. The highest BCUT2D eigenvalue weighted by Gasteiger charge is 2.62. The molecule has 0 aliphatic carbocycles. The summed E-state index contributed by atoms with van der Waals surface area (Å²) in [5, 5.41) is 40.7. The van der Waals surface area contributed by atoms with E-state index in [1.165, 1.54) is 6.07 Å². The lowest BCUT2D eigenvalue weighted by Gasteiger charge is -2.45. The lowest BCUT2D eigenvalue weighted by Crippen LogP contribution is -2.64. The average Bonchev–Trinajstić information content (AvgIpc) is 2.47. The van der Waals surface area contributed by atoms with E-state index >= 15 is 0 Å². The maximum absolute atomic E-state index is 11.9. The van der Waals surface area contributed by atoms with E-state index in [-0.39, 0.29) is 5.56 Å². The number of ether oxygens (including phenoxy) is 1. The van der Waals surface area contributed by atoms with Crippen molar-refractivity contribution in [1.29, 1.82) is 0 Å². The number of hydrogen-bond acceptors (Lipinski definition) is 9. The first-order chi connectivity index (χ1) is 10.9. The van der Waals surface area contributed by atoms with Crippen LogP contribution in [0, 0.1) is 13.8 Å². The van der Waals surface area contributed by atoms with E-state index in [0.717, 1.165) is 5.56 Å². The number of benzene rings is 1. The molecule has 1 heterocycles. The van der Waals surface area contributed by atoms with E-state index in [1.54, 1.807) is 26.0 Å². The summed E-state index contributed by atoms with van der Waals surface area (Å²) < 4.78 is 5.06. The molecule has 0 spiro atoms. The van der Waals surface area contributed by atoms with Crippen LogP contribution in [-0.2, 0) is 15.3 Å². The Labute approximate surface area is 138 Å². The summed E-state index contributed by atoms with van der Waals surface area (Å²) in [4.78, 5) is 39.1. The quantitative estimate of drug-likeness (QED) is 0.306. The first kappa shape index (κ1) is 19.3. The van der Waals surface area contributed by atoms with Crippen LogP contribution in [0.5, 0.6) is 0 Å². The number of aliphatic hydroxyl groups is 4. The predicted molar refractivity (Wildman–Crippen MR) is 81.3 cm³/mol. The largest absolute Gasteiger partial charge is 0.481 e. The number of aryl methyl sites for hydroxylation is 2. The molecule has 1 fully saturated rings. The van der Waals surface area contributed by atoms with E-state index in [1.807, 2.05) is 0 Å². The van der Waals surface area contributed by atoms with Crippen LogP contribution in [0.3, 0.4) is 0 Å². The van der Waals surface area contributed by atoms with Crippen LogP contribution in [0.1, 0.15) is 16.7 Å². The van der Waals surface area contributed by atoms with Crippen LogP contribution < -0.4 is 0 Å². The molecule has 1 aliphatic heterocycles. The lowest BCUT2D eigenvalue weighted by molar-refractivity contribution is -0.346. The molecule has 0 bridgehead atoms. The highest BCUT2D eigenvalue weighted by Crippen LogP contribution is 2.50. The minimum absolute atomic E-state index is 0.0158. The van der Waals surface area contributed by atoms with E-state index < -0.39 is 43.7 Å². The molecule has 2 rings (SSSR count). The second-order valence-electron chi connectivity index (χ2n) is 5.89. The molecule has 5 atom stereocenters. The molecule has 0 radical (unpaired) electrons. The number of aliphatic hydroxyl groups excluding tert-OH is 3. The van der Waals surface area contributed by atoms with Crippen molar-refractivity contribution in [3.63, 3.8) is 0 Å². The zero-order chi connectivity index (χ0) is 18.4. The van der Waals surface area contributed by atoms with Crippen LogP contribution in [-0.4, -0.2) is 65.0 Å². The molecule has 0 aromatic heterocycles. The van der Waals surface area contributed by atoms with Gasteiger partial charge in [-0.15, -0.1) is 0 Å². The zero-order valence-corrected chi connectivity index (χ0v) is 13.8. The van der Waals surface area contributed by atoms with Gasteiger partial charge in [-0.2, -0.15) is 14.7 Å². The number of carbonyl (C=O) groups excluding carboxylic acids is 1. The maximum Gasteiger partial charge on any atom is 0.481 e. The summed E-state index contributed by atoms with van der Waals surface area (Å²) in [6.45, 7) is 3.37. The third kappa shape index (κ3) is 3.23. The fourth-order valence-corrected chi connectivity index (χ4v) is 3.28. The minimum atomic E-state index is -5.05. The normalized spacial score (nSPS) is 34.2. The highest BCUT2D eigenvalue weighted by molar-refractivity contribution is 7.76. The molecular weight excluding hydrogens is 343 g/mol. The fourth-order valence-electron chi connectivity index (χ4n) is 2.74. The molecule has 1 saturated heterocycles. The van der Waals surface area contributed by atoms with Gasteiger partial charge in [0.2, 0.25) is 5.79 Å². The Kier molecular flexibility index (Phi) is 5.14. The fraction of sp³-hybridized carbons (Fsp3) is 0.500. The van der Waals surface area contributed by atoms with E-state index in [2.05, 4.69) is 0 Å². The Balaban J connectivity index is 2.50. The Bertz CT molecular complexity index is 644. The van der Waals surface area contributed by atoms with E-state index in [9.17, 15) is 25.2 Å². The molecule has 10 heteroatoms. The molecule has 1 unspecified atom stereocenters. The van der Waals surface area contributed by atoms with Crippen molar-refractivity contribution in [3.8, 4) is 0 Å². The molecule has 1 aromatic rings. The van der Waals surface area contributed by atoms with Gasteiger partial charge in [0, 0.05) is 5.56 Å². The van der Waals surface area contributed by atoms with Gasteiger partial charge in [0.05, 0.1) is 0 Å². The zero-order valence-electron chi connectivity index (χ0n) is 12.9. The van der Waals surface area contributed by atoms with Crippen molar-refractivity contribution in [2.45, 2.75) is 44.1 Å². The predicted octanol–water partition coefficient (Wildman–Crippen LogP) is -1.80. The molecule has 24 heavy (non-hydrogen) atoms. The van der Waals surface area contributed by atoms with Crippen LogP contribution in [0.4, 0.5) is 0 Å². The lowest BCUT2D eigenvalue weighted by atomic mass is 9.86. The highest BCUT2D eigenvalue weighted by atomic mass is 31.2. The van der Waals surface area contributed by atoms with Crippen LogP contribution >= 0.6 is 7.94 Å². The monoisotopic (exact) mass is 363 g/mol. The van der Waals surface area contributed by atoms with Gasteiger partial charge >= 0.3 is 13.5 Å². The maximum atomic E-state index is 11.9. The summed E-state index contributed by atoms with van der Waals surface area (Å²) in [6, 6.07) is 4.64. The van der Waals surface area contributed by atoms with Gasteiger partial charge in [-0.3, -0.25) is 0 Å². The topological polar surface area (TPSA) is 168 Å². The van der Waals surface area contributed by atoms with Gasteiger partial charge in [-0.05, 0) is 19.4 Å². The van der Waals surface area contributed by atoms with Crippen LogP contribution in [0.2, 0.25) is 0 Å². The molecule has 7 N–H and O–H groups in total. The molecule has 0 amide bonds. The Morgan fingerprint density at radius 3 is 2.21 bits per heavy atom. The number of carbonyl (C=O) groups is 1. The van der Waals surface area contributed by atoms with Gasteiger partial charge in [0.25, 0.3) is 0 Å². The SMILES string of the molecule is Cc1ccc(C2(O)O[C@H](C(=O)[P+](O)(O)O)[C@@H](O)[C@H](O)[C@@H]2O)c(C)c1. The van der Waals surface area contributed by atoms with Crippen molar-refractivity contribution in [3.05, 3.63) is 34.9 Å². The van der Waals surface area contributed by atoms with Gasteiger partial charge in [0.15, 0.2) is 6.10 Å². The van der Waals surface area contributed by atoms with E-state index in [0.29, 0.717) is 5.56 Å². The third-order valence-corrected chi connectivity index (χ3v) is 4.84. The van der Waals surface area contributed by atoms with Crippen molar-refractivity contribution in [2.24, 2.45) is 0 Å². The summed E-state index contributed by atoms with van der Waals surface area (Å²) in [7, 11) is -5.05. The summed E-state index contributed by atoms with van der Waals surface area (Å²) in [5.41, 5.74) is -0.375. The molecule has 0 saturated carbocycles. The summed E-state index contributed by atoms with van der Waals surface area (Å²) in [6.07, 6.45) is -8.29. The van der Waals surface area contributed by atoms with Gasteiger partial charge in [-0.25, -0.2) is 4.79 Å². The Morgan fingerprint density at radius 2 is 1.71 bits per heavy atom.